The highest BCUT2D eigenvalue weighted by molar-refractivity contribution is 5.85. The summed E-state index contributed by atoms with van der Waals surface area (Å²) in [6.07, 6.45) is 12.6. The molecule has 3 N–H and O–H groups in total. The smallest absolute Gasteiger partial charge is 0.0290 e. The van der Waals surface area contributed by atoms with E-state index in [0.717, 1.165) is 23.2 Å². The Hall–Kier alpha value is 0.250. The van der Waals surface area contributed by atoms with Gasteiger partial charge in [-0.2, -0.15) is 0 Å². The lowest BCUT2D eigenvalue weighted by molar-refractivity contribution is -0.0574. The van der Waals surface area contributed by atoms with Crippen molar-refractivity contribution in [2.45, 2.75) is 58.3 Å². The summed E-state index contributed by atoms with van der Waals surface area (Å²) in [7, 11) is 0. The Morgan fingerprint density at radius 1 is 0.933 bits per heavy atom. The quantitative estimate of drug-likeness (QED) is 0.742. The van der Waals surface area contributed by atoms with Crippen LogP contribution in [0.15, 0.2) is 0 Å². The fourth-order valence-corrected chi connectivity index (χ4v) is 5.13. The van der Waals surface area contributed by atoms with E-state index >= 15 is 0 Å². The third-order valence-corrected chi connectivity index (χ3v) is 4.95. The molecule has 0 radical (unpaired) electrons. The molecule has 0 atom stereocenters. The van der Waals surface area contributed by atoms with Crippen molar-refractivity contribution in [2.75, 3.05) is 0 Å². The number of halogens is 1. The second kappa shape index (κ2) is 4.63. The zero-order valence-corrected chi connectivity index (χ0v) is 10.8. The molecule has 0 aliphatic heterocycles. The first-order valence-corrected chi connectivity index (χ1v) is 6.30. The van der Waals surface area contributed by atoms with Gasteiger partial charge in [0.2, 0.25) is 0 Å². The van der Waals surface area contributed by atoms with Gasteiger partial charge >= 0.3 is 0 Å². The van der Waals surface area contributed by atoms with E-state index in [0.29, 0.717) is 0 Å². The lowest BCUT2D eigenvalue weighted by Crippen LogP contribution is -2.45. The van der Waals surface area contributed by atoms with Crippen molar-refractivity contribution >= 4 is 12.4 Å². The van der Waals surface area contributed by atoms with Gasteiger partial charge in [-0.05, 0) is 68.1 Å². The van der Waals surface area contributed by atoms with Crippen LogP contribution in [-0.4, -0.2) is 0 Å². The molecule has 4 aliphatic rings. The monoisotopic (exact) mass is 231 g/mol. The van der Waals surface area contributed by atoms with E-state index in [4.69, 9.17) is 0 Å². The van der Waals surface area contributed by atoms with Crippen molar-refractivity contribution in [3.8, 4) is 0 Å². The van der Waals surface area contributed by atoms with Gasteiger partial charge in [0.05, 0.1) is 0 Å². The maximum Gasteiger partial charge on any atom is -0.0290 e. The maximum atomic E-state index is 2.37. The summed E-state index contributed by atoms with van der Waals surface area (Å²) in [6, 6.07) is 0. The summed E-state index contributed by atoms with van der Waals surface area (Å²) in [6.45, 7) is 2.37. The van der Waals surface area contributed by atoms with E-state index in [2.05, 4.69) is 6.92 Å². The SMILES string of the molecule is CCCC12CC3CC(CC(C3)C1)C2.Cl.N. The molecule has 0 unspecified atom stereocenters. The van der Waals surface area contributed by atoms with Crippen LogP contribution in [0.3, 0.4) is 0 Å². The van der Waals surface area contributed by atoms with Gasteiger partial charge in [0.15, 0.2) is 0 Å². The topological polar surface area (TPSA) is 35.0 Å². The molecule has 4 aliphatic carbocycles. The van der Waals surface area contributed by atoms with Crippen molar-refractivity contribution in [3.63, 3.8) is 0 Å². The molecule has 4 rings (SSSR count). The standard InChI is InChI=1S/C13H22.ClH.H3N/c1-2-3-13-7-10-4-11(8-13)6-12(5-10)9-13;;/h10-12H,2-9H2,1H3;1H;1H3. The highest BCUT2D eigenvalue weighted by Gasteiger charge is 2.49. The van der Waals surface area contributed by atoms with E-state index in [9.17, 15) is 0 Å². The van der Waals surface area contributed by atoms with Crippen LogP contribution < -0.4 is 6.15 Å². The largest absolute Gasteiger partial charge is 0.344 e. The predicted molar refractivity (Wildman–Crippen MR) is 67.8 cm³/mol. The van der Waals surface area contributed by atoms with Gasteiger partial charge in [-0.1, -0.05) is 13.3 Å². The average molecular weight is 232 g/mol. The summed E-state index contributed by atoms with van der Waals surface area (Å²) in [5.41, 5.74) is 0.851. The van der Waals surface area contributed by atoms with Crippen LogP contribution in [-0.2, 0) is 0 Å². The molecule has 0 spiro atoms. The molecule has 1 nitrogen and oxygen atoms in total. The fourth-order valence-electron chi connectivity index (χ4n) is 5.13. The van der Waals surface area contributed by atoms with Crippen molar-refractivity contribution in [3.05, 3.63) is 0 Å². The van der Waals surface area contributed by atoms with Gasteiger partial charge in [-0.15, -0.1) is 12.4 Å². The first-order chi connectivity index (χ1) is 6.30. The number of hydrogen-bond acceptors (Lipinski definition) is 1. The van der Waals surface area contributed by atoms with Gasteiger partial charge in [0.1, 0.15) is 0 Å². The fraction of sp³-hybridized carbons (Fsp3) is 1.00. The molecule has 2 heteroatoms. The summed E-state index contributed by atoms with van der Waals surface area (Å²) in [4.78, 5) is 0. The zero-order chi connectivity index (χ0) is 8.89. The molecular formula is C13H26ClN. The molecular weight excluding hydrogens is 206 g/mol. The second-order valence-electron chi connectivity index (χ2n) is 6.17. The highest BCUT2D eigenvalue weighted by atomic mass is 35.5. The minimum atomic E-state index is 0. The van der Waals surface area contributed by atoms with E-state index in [1.54, 1.807) is 38.5 Å². The Labute approximate surface area is 100 Å². The van der Waals surface area contributed by atoms with E-state index in [1.165, 1.54) is 12.8 Å². The van der Waals surface area contributed by atoms with Crippen LogP contribution in [0, 0.1) is 23.2 Å². The lowest BCUT2D eigenvalue weighted by atomic mass is 9.49. The lowest BCUT2D eigenvalue weighted by Gasteiger charge is -2.57. The van der Waals surface area contributed by atoms with Crippen LogP contribution in [0.1, 0.15) is 58.3 Å². The van der Waals surface area contributed by atoms with E-state index in [-0.39, 0.29) is 18.6 Å². The van der Waals surface area contributed by atoms with Crippen molar-refractivity contribution in [1.29, 1.82) is 0 Å². The maximum absolute atomic E-state index is 2.37. The molecule has 0 heterocycles. The van der Waals surface area contributed by atoms with Crippen LogP contribution in [0.2, 0.25) is 0 Å². The summed E-state index contributed by atoms with van der Waals surface area (Å²) >= 11 is 0. The molecule has 0 aromatic rings. The second-order valence-corrected chi connectivity index (χ2v) is 6.17. The van der Waals surface area contributed by atoms with Gasteiger partial charge in [0.25, 0.3) is 0 Å². The van der Waals surface area contributed by atoms with Crippen LogP contribution in [0.4, 0.5) is 0 Å². The van der Waals surface area contributed by atoms with E-state index in [1.807, 2.05) is 0 Å². The molecule has 0 amide bonds. The third-order valence-electron chi connectivity index (χ3n) is 4.95. The Bertz CT molecular complexity index is 179. The summed E-state index contributed by atoms with van der Waals surface area (Å²) < 4.78 is 0. The van der Waals surface area contributed by atoms with Gasteiger partial charge in [0, 0.05) is 0 Å². The number of hydrogen-bond donors (Lipinski definition) is 1. The molecule has 15 heavy (non-hydrogen) atoms. The van der Waals surface area contributed by atoms with Crippen LogP contribution >= 0.6 is 12.4 Å². The Morgan fingerprint density at radius 2 is 1.33 bits per heavy atom. The normalized spacial score (nSPS) is 45.8. The molecule has 90 valence electrons. The zero-order valence-electron chi connectivity index (χ0n) is 10.0. The van der Waals surface area contributed by atoms with Gasteiger partial charge in [-0.25, -0.2) is 0 Å². The van der Waals surface area contributed by atoms with Crippen molar-refractivity contribution in [2.24, 2.45) is 23.2 Å². The molecule has 4 bridgehead atoms. The van der Waals surface area contributed by atoms with E-state index < -0.39 is 0 Å². The first kappa shape index (κ1) is 13.3. The first-order valence-electron chi connectivity index (χ1n) is 6.30. The third kappa shape index (κ3) is 2.19. The molecule has 0 aromatic heterocycles. The molecule has 4 saturated carbocycles. The number of rotatable bonds is 2. The minimum Gasteiger partial charge on any atom is -0.344 e. The van der Waals surface area contributed by atoms with Crippen LogP contribution in [0.5, 0.6) is 0 Å². The minimum absolute atomic E-state index is 0. The molecule has 4 fully saturated rings. The average Bonchev–Trinajstić information content (AvgIpc) is 2.00. The predicted octanol–water partition coefficient (Wildman–Crippen LogP) is 4.59. The van der Waals surface area contributed by atoms with Gasteiger partial charge < -0.3 is 6.15 Å². The Kier molecular flexibility index (Phi) is 4.11. The Morgan fingerprint density at radius 3 is 1.67 bits per heavy atom. The summed E-state index contributed by atoms with van der Waals surface area (Å²) in [5, 5.41) is 0. The van der Waals surface area contributed by atoms with Gasteiger partial charge in [-0.3, -0.25) is 0 Å². The van der Waals surface area contributed by atoms with Crippen molar-refractivity contribution in [1.82, 2.24) is 6.15 Å². The summed E-state index contributed by atoms with van der Waals surface area (Å²) in [5.74, 6) is 3.45. The molecule has 0 saturated heterocycles. The highest BCUT2D eigenvalue weighted by Crippen LogP contribution is 2.61. The Balaban J connectivity index is 0.000000562. The van der Waals surface area contributed by atoms with Crippen molar-refractivity contribution < 1.29 is 0 Å². The van der Waals surface area contributed by atoms with Crippen LogP contribution in [0.25, 0.3) is 0 Å². The molecule has 0 aromatic carbocycles.